The summed E-state index contributed by atoms with van der Waals surface area (Å²) in [7, 11) is 0. The largest absolute Gasteiger partial charge is 0.481 e. The van der Waals surface area contributed by atoms with E-state index in [1.165, 1.54) is 24.8 Å². The van der Waals surface area contributed by atoms with Crippen molar-refractivity contribution in [3.8, 4) is 0 Å². The van der Waals surface area contributed by atoms with Gasteiger partial charge in [0, 0.05) is 5.41 Å². The van der Waals surface area contributed by atoms with E-state index in [0.29, 0.717) is 23.0 Å². The molecule has 0 aliphatic heterocycles. The number of rotatable bonds is 3. The summed E-state index contributed by atoms with van der Waals surface area (Å²) in [5.41, 5.74) is 0.321. The van der Waals surface area contributed by atoms with E-state index in [-0.39, 0.29) is 23.2 Å². The number of carbonyl (C=O) groups is 2. The van der Waals surface area contributed by atoms with Crippen LogP contribution in [0.5, 0.6) is 0 Å². The quantitative estimate of drug-likeness (QED) is 0.455. The summed E-state index contributed by atoms with van der Waals surface area (Å²) in [6.45, 7) is 18.8. The molecule has 5 aliphatic carbocycles. The zero-order valence-electron chi connectivity index (χ0n) is 22.3. The molecule has 2 bridgehead atoms. The molecule has 3 heteroatoms. The first-order valence-electron chi connectivity index (χ1n) is 13.6. The fourth-order valence-electron chi connectivity index (χ4n) is 11.6. The molecule has 0 radical (unpaired) electrons. The summed E-state index contributed by atoms with van der Waals surface area (Å²) in [5, 5.41) is 9.99. The second-order valence-corrected chi connectivity index (χ2v) is 14.6. The third kappa shape index (κ3) is 2.39. The minimum atomic E-state index is -0.751. The van der Waals surface area contributed by atoms with E-state index in [9.17, 15) is 14.7 Å². The minimum absolute atomic E-state index is 0.0257. The SMILES string of the molecule is CC(C)[C@H]1CC[C@@H]2[C@]1(C)CC[C@]1(C)C3=CC[C@@H]4C(C)(C)C(=O)[C@]3(CC[C@@]21C)C4(C)CC(=O)O. The summed E-state index contributed by atoms with van der Waals surface area (Å²) in [5.74, 6) is 1.88. The van der Waals surface area contributed by atoms with Crippen molar-refractivity contribution in [2.45, 2.75) is 107 Å². The monoisotopic (exact) mass is 454 g/mol. The van der Waals surface area contributed by atoms with Crippen molar-refractivity contribution < 1.29 is 14.7 Å². The van der Waals surface area contributed by atoms with Crippen LogP contribution in [0.2, 0.25) is 0 Å². The first-order chi connectivity index (χ1) is 15.1. The van der Waals surface area contributed by atoms with Crippen LogP contribution in [0, 0.1) is 56.2 Å². The summed E-state index contributed by atoms with van der Waals surface area (Å²) in [6, 6.07) is 0. The smallest absolute Gasteiger partial charge is 0.303 e. The Morgan fingerprint density at radius 2 is 1.67 bits per heavy atom. The van der Waals surface area contributed by atoms with Crippen molar-refractivity contribution in [1.29, 1.82) is 0 Å². The van der Waals surface area contributed by atoms with Crippen LogP contribution in [-0.4, -0.2) is 16.9 Å². The average Bonchev–Trinajstić information content (AvgIpc) is 3.07. The lowest BCUT2D eigenvalue weighted by atomic mass is 9.34. The van der Waals surface area contributed by atoms with Gasteiger partial charge in [0.1, 0.15) is 5.78 Å². The maximum atomic E-state index is 14.4. The van der Waals surface area contributed by atoms with Crippen molar-refractivity contribution in [1.82, 2.24) is 0 Å². The predicted molar refractivity (Wildman–Crippen MR) is 132 cm³/mol. The molecule has 0 heterocycles. The number of aliphatic carboxylic acids is 1. The van der Waals surface area contributed by atoms with Gasteiger partial charge in [-0.1, -0.05) is 67.0 Å². The maximum Gasteiger partial charge on any atom is 0.303 e. The zero-order chi connectivity index (χ0) is 24.4. The average molecular weight is 455 g/mol. The molecule has 1 unspecified atom stereocenters. The van der Waals surface area contributed by atoms with Gasteiger partial charge in [-0.3, -0.25) is 9.59 Å². The van der Waals surface area contributed by atoms with Gasteiger partial charge < -0.3 is 5.11 Å². The number of carboxylic acids is 1. The third-order valence-electron chi connectivity index (χ3n) is 13.1. The van der Waals surface area contributed by atoms with Gasteiger partial charge in [-0.2, -0.15) is 0 Å². The fourth-order valence-corrected chi connectivity index (χ4v) is 11.6. The molecular formula is C30H46O3. The highest BCUT2D eigenvalue weighted by atomic mass is 16.4. The lowest BCUT2D eigenvalue weighted by Crippen LogP contribution is -2.63. The van der Waals surface area contributed by atoms with Gasteiger partial charge >= 0.3 is 5.97 Å². The number of carboxylic acid groups (broad SMARTS) is 1. The summed E-state index contributed by atoms with van der Waals surface area (Å²) in [6.07, 6.45) is 10.3. The minimum Gasteiger partial charge on any atom is -0.481 e. The molecule has 8 atom stereocenters. The molecule has 1 N–H and O–H groups in total. The predicted octanol–water partition coefficient (Wildman–Crippen LogP) is 7.30. The zero-order valence-corrected chi connectivity index (χ0v) is 22.3. The van der Waals surface area contributed by atoms with E-state index in [1.807, 2.05) is 0 Å². The Bertz CT molecular complexity index is 944. The second-order valence-electron chi connectivity index (χ2n) is 14.6. The van der Waals surface area contributed by atoms with Crippen molar-refractivity contribution in [3.05, 3.63) is 11.6 Å². The number of carbonyl (C=O) groups excluding carboxylic acids is 1. The van der Waals surface area contributed by atoms with Crippen molar-refractivity contribution in [3.63, 3.8) is 0 Å². The molecule has 4 saturated carbocycles. The standard InChI is InChI=1S/C30H46O3/c1-18(2)19-9-10-21-26(19,5)13-14-28(7)22-12-11-20-25(3,4)24(33)30(22,16-15-27(21,28)6)29(20,8)17-23(31)32/h12,18-21H,9-11,13-17H2,1-8H3,(H,31,32)/t19-,20-,21-,26-,27+,28-,29?,30-/m1/s1. The summed E-state index contributed by atoms with van der Waals surface area (Å²) >= 11 is 0. The molecule has 4 fully saturated rings. The van der Waals surface area contributed by atoms with Gasteiger partial charge in [0.2, 0.25) is 0 Å². The Morgan fingerprint density at radius 3 is 2.27 bits per heavy atom. The normalized spacial score (nSPS) is 52.2. The van der Waals surface area contributed by atoms with E-state index in [1.54, 1.807) is 0 Å². The molecule has 5 rings (SSSR count). The molecule has 0 aromatic rings. The van der Waals surface area contributed by atoms with Crippen LogP contribution < -0.4 is 0 Å². The van der Waals surface area contributed by atoms with Crippen LogP contribution in [0.4, 0.5) is 0 Å². The third-order valence-corrected chi connectivity index (χ3v) is 13.1. The van der Waals surface area contributed by atoms with Crippen LogP contribution in [0.15, 0.2) is 11.6 Å². The summed E-state index contributed by atoms with van der Waals surface area (Å²) in [4.78, 5) is 26.5. The molecule has 184 valence electrons. The molecule has 0 saturated heterocycles. The highest BCUT2D eigenvalue weighted by Crippen LogP contribution is 2.81. The molecule has 0 aromatic carbocycles. The fraction of sp³-hybridized carbons (Fsp3) is 0.867. The first-order valence-corrected chi connectivity index (χ1v) is 13.6. The molecular weight excluding hydrogens is 408 g/mol. The number of hydrogen-bond donors (Lipinski definition) is 1. The lowest BCUT2D eigenvalue weighted by Gasteiger charge is -2.69. The summed E-state index contributed by atoms with van der Waals surface area (Å²) < 4.78 is 0. The maximum absolute atomic E-state index is 14.4. The van der Waals surface area contributed by atoms with Gasteiger partial charge in [-0.05, 0) is 90.3 Å². The van der Waals surface area contributed by atoms with Crippen LogP contribution in [0.25, 0.3) is 0 Å². The van der Waals surface area contributed by atoms with E-state index in [2.05, 4.69) is 61.5 Å². The van der Waals surface area contributed by atoms with E-state index < -0.39 is 22.2 Å². The molecule has 5 aliphatic rings. The van der Waals surface area contributed by atoms with Crippen LogP contribution in [0.1, 0.15) is 107 Å². The van der Waals surface area contributed by atoms with E-state index in [0.717, 1.165) is 31.6 Å². The van der Waals surface area contributed by atoms with Crippen LogP contribution >= 0.6 is 0 Å². The topological polar surface area (TPSA) is 54.4 Å². The van der Waals surface area contributed by atoms with Gasteiger partial charge in [0.05, 0.1) is 11.8 Å². The number of allylic oxidation sites excluding steroid dienone is 2. The molecule has 0 aromatic heterocycles. The van der Waals surface area contributed by atoms with Crippen LogP contribution in [-0.2, 0) is 9.59 Å². The lowest BCUT2D eigenvalue weighted by molar-refractivity contribution is -0.162. The van der Waals surface area contributed by atoms with Crippen LogP contribution in [0.3, 0.4) is 0 Å². The van der Waals surface area contributed by atoms with Gasteiger partial charge in [0.25, 0.3) is 0 Å². The van der Waals surface area contributed by atoms with E-state index in [4.69, 9.17) is 0 Å². The highest BCUT2D eigenvalue weighted by molar-refractivity contribution is 5.98. The Morgan fingerprint density at radius 1 is 1.00 bits per heavy atom. The Kier molecular flexibility index (Phi) is 4.69. The van der Waals surface area contributed by atoms with Crippen molar-refractivity contribution in [2.75, 3.05) is 0 Å². The number of hydrogen-bond acceptors (Lipinski definition) is 2. The van der Waals surface area contributed by atoms with Gasteiger partial charge in [-0.25, -0.2) is 0 Å². The number of fused-ring (bicyclic) bond motifs is 5. The first kappa shape index (κ1) is 23.6. The molecule has 0 amide bonds. The molecule has 3 nitrogen and oxygen atoms in total. The Hall–Kier alpha value is -1.12. The van der Waals surface area contributed by atoms with Gasteiger partial charge in [0.15, 0.2) is 0 Å². The highest BCUT2D eigenvalue weighted by Gasteiger charge is 2.78. The van der Waals surface area contributed by atoms with E-state index >= 15 is 0 Å². The number of Topliss-reactive ketones (excluding diaryl/α,β-unsaturated/α-hetero) is 1. The Balaban J connectivity index is 1.66. The molecule has 1 spiro atoms. The Labute approximate surface area is 201 Å². The second kappa shape index (κ2) is 6.55. The molecule has 33 heavy (non-hydrogen) atoms. The van der Waals surface area contributed by atoms with Crippen molar-refractivity contribution in [2.24, 2.45) is 56.2 Å². The number of ketones is 1. The van der Waals surface area contributed by atoms with Gasteiger partial charge in [-0.15, -0.1) is 0 Å². The van der Waals surface area contributed by atoms with Crippen molar-refractivity contribution >= 4 is 11.8 Å².